The molecule has 0 spiro atoms. The molecule has 1 unspecified atom stereocenters. The molecule has 0 aliphatic carbocycles. The van der Waals surface area contributed by atoms with Crippen molar-refractivity contribution < 1.29 is 13.2 Å². The zero-order valence-electron chi connectivity index (χ0n) is 13.9. The number of anilines is 1. The minimum atomic E-state index is -4.43. The Morgan fingerprint density at radius 1 is 1.07 bits per heavy atom. The predicted molar refractivity (Wildman–Crippen MR) is 96.4 cm³/mol. The number of nitrogens with one attached hydrogen (secondary N) is 2. The molecule has 2 aliphatic rings. The van der Waals surface area contributed by atoms with Gasteiger partial charge in [0.1, 0.15) is 0 Å². The average molecular weight is 372 g/mol. The van der Waals surface area contributed by atoms with Gasteiger partial charge in [-0.25, -0.2) is 9.98 Å². The number of halogens is 3. The number of hydrogen-bond donors (Lipinski definition) is 3. The van der Waals surface area contributed by atoms with Gasteiger partial charge in [-0.3, -0.25) is 10.7 Å². The second-order valence-electron chi connectivity index (χ2n) is 6.03. The summed E-state index contributed by atoms with van der Waals surface area (Å²) in [6.07, 6.45) is -1.30. The summed E-state index contributed by atoms with van der Waals surface area (Å²) in [7, 11) is 0. The summed E-state index contributed by atoms with van der Waals surface area (Å²) in [5.74, 6) is -0.546. The summed E-state index contributed by atoms with van der Waals surface area (Å²) in [6.45, 7) is 0. The molecule has 0 amide bonds. The molecule has 1 atom stereocenters. The zero-order valence-corrected chi connectivity index (χ0v) is 13.9. The molecule has 27 heavy (non-hydrogen) atoms. The fourth-order valence-corrected chi connectivity index (χ4v) is 2.81. The van der Waals surface area contributed by atoms with Crippen LogP contribution in [0.3, 0.4) is 0 Å². The van der Waals surface area contributed by atoms with Crippen molar-refractivity contribution in [1.82, 2.24) is 10.4 Å². The third-order valence-electron chi connectivity index (χ3n) is 4.10. The molecule has 0 saturated carbocycles. The molecule has 0 bridgehead atoms. The Morgan fingerprint density at radius 2 is 1.85 bits per heavy atom. The second-order valence-corrected chi connectivity index (χ2v) is 6.03. The van der Waals surface area contributed by atoms with E-state index in [4.69, 9.17) is 5.73 Å². The predicted octanol–water partition coefficient (Wildman–Crippen LogP) is 2.99. The Bertz CT molecular complexity index is 951. The molecular formula is C18H15F3N6. The maximum absolute atomic E-state index is 12.9. The van der Waals surface area contributed by atoms with E-state index in [0.717, 1.165) is 17.7 Å². The van der Waals surface area contributed by atoms with E-state index in [9.17, 15) is 13.2 Å². The number of nitrogens with zero attached hydrogens (tertiary/aromatic N) is 3. The van der Waals surface area contributed by atoms with Crippen LogP contribution in [0.5, 0.6) is 0 Å². The Kier molecular flexibility index (Phi) is 3.97. The summed E-state index contributed by atoms with van der Waals surface area (Å²) in [5.41, 5.74) is 9.66. The van der Waals surface area contributed by atoms with Gasteiger partial charge in [0.15, 0.2) is 11.7 Å². The van der Waals surface area contributed by atoms with Crippen LogP contribution in [0.4, 0.5) is 18.9 Å². The lowest BCUT2D eigenvalue weighted by Gasteiger charge is -2.25. The average Bonchev–Trinajstić information content (AvgIpc) is 3.01. The summed E-state index contributed by atoms with van der Waals surface area (Å²) in [6, 6.07) is 14.1. The first-order chi connectivity index (χ1) is 12.9. The number of fused-ring (bicyclic) bond motifs is 1. The highest BCUT2D eigenvalue weighted by Crippen LogP contribution is 2.31. The van der Waals surface area contributed by atoms with E-state index in [0.29, 0.717) is 5.84 Å². The van der Waals surface area contributed by atoms with Gasteiger partial charge in [-0.2, -0.15) is 18.6 Å². The van der Waals surface area contributed by atoms with Gasteiger partial charge in [0.2, 0.25) is 5.79 Å². The van der Waals surface area contributed by atoms with Crippen LogP contribution in [0.1, 0.15) is 11.1 Å². The van der Waals surface area contributed by atoms with Crippen molar-refractivity contribution >= 4 is 17.4 Å². The molecule has 2 aromatic carbocycles. The Balaban J connectivity index is 1.64. The molecular weight excluding hydrogens is 357 g/mol. The van der Waals surface area contributed by atoms with Crippen LogP contribution in [0.2, 0.25) is 0 Å². The van der Waals surface area contributed by atoms with Crippen LogP contribution in [0.25, 0.3) is 0 Å². The van der Waals surface area contributed by atoms with Gasteiger partial charge in [0.05, 0.1) is 5.56 Å². The molecule has 0 radical (unpaired) electrons. The van der Waals surface area contributed by atoms with Gasteiger partial charge < -0.3 is 5.32 Å². The van der Waals surface area contributed by atoms with Crippen molar-refractivity contribution in [3.8, 4) is 0 Å². The van der Waals surface area contributed by atoms with E-state index in [1.165, 1.54) is 18.3 Å². The number of benzene rings is 2. The first-order valence-corrected chi connectivity index (χ1v) is 8.06. The van der Waals surface area contributed by atoms with Crippen molar-refractivity contribution in [2.75, 3.05) is 5.32 Å². The quantitative estimate of drug-likeness (QED) is 0.757. The lowest BCUT2D eigenvalue weighted by molar-refractivity contribution is -0.137. The van der Waals surface area contributed by atoms with E-state index in [-0.39, 0.29) is 11.5 Å². The van der Waals surface area contributed by atoms with E-state index in [1.54, 1.807) is 11.2 Å². The molecule has 2 heterocycles. The van der Waals surface area contributed by atoms with Crippen molar-refractivity contribution in [2.24, 2.45) is 15.7 Å². The number of nitrogens with two attached hydrogens (primary N) is 1. The van der Waals surface area contributed by atoms with E-state index < -0.39 is 17.5 Å². The molecule has 4 rings (SSSR count). The molecule has 0 aromatic heterocycles. The topological polar surface area (TPSA) is 78.0 Å². The first-order valence-electron chi connectivity index (χ1n) is 8.06. The number of aliphatic imine (C=N–C) groups is 2. The fraction of sp³-hybridized carbons (Fsp3) is 0.111. The van der Waals surface area contributed by atoms with Crippen LogP contribution < -0.4 is 16.5 Å². The zero-order chi connectivity index (χ0) is 19.1. The largest absolute Gasteiger partial charge is 0.416 e. The fourth-order valence-electron chi connectivity index (χ4n) is 2.81. The van der Waals surface area contributed by atoms with Crippen LogP contribution in [0.15, 0.2) is 77.0 Å². The van der Waals surface area contributed by atoms with Gasteiger partial charge in [0, 0.05) is 23.7 Å². The molecule has 0 saturated heterocycles. The normalized spacial score (nSPS) is 21.6. The van der Waals surface area contributed by atoms with Gasteiger partial charge in [-0.15, -0.1) is 0 Å². The molecule has 6 nitrogen and oxygen atoms in total. The maximum atomic E-state index is 12.9. The van der Waals surface area contributed by atoms with Crippen LogP contribution in [-0.2, 0) is 12.0 Å². The molecule has 2 aromatic rings. The smallest absolute Gasteiger partial charge is 0.337 e. The third-order valence-corrected chi connectivity index (χ3v) is 4.10. The standard InChI is InChI=1S/C18H15F3N6/c19-17(20,21)13-7-4-8-14(11-13)24-15-16-25-18(22,12-5-2-1-3-6-12)26-27(16)10-9-23-15/h1-11,26H,22H2,(H,23,24). The lowest BCUT2D eigenvalue weighted by atomic mass is 10.1. The number of amidine groups is 2. The van der Waals surface area contributed by atoms with E-state index in [1.807, 2.05) is 30.3 Å². The maximum Gasteiger partial charge on any atom is 0.416 e. The summed E-state index contributed by atoms with van der Waals surface area (Å²) in [4.78, 5) is 8.70. The summed E-state index contributed by atoms with van der Waals surface area (Å²) >= 11 is 0. The number of hydrogen-bond acceptors (Lipinski definition) is 6. The second kappa shape index (κ2) is 6.22. The number of alkyl halides is 3. The Labute approximate surface area is 152 Å². The Morgan fingerprint density at radius 3 is 2.59 bits per heavy atom. The van der Waals surface area contributed by atoms with Crippen molar-refractivity contribution in [3.63, 3.8) is 0 Å². The monoisotopic (exact) mass is 372 g/mol. The number of rotatable bonds is 2. The SMILES string of the molecule is NC1(c2ccccc2)N=C2C(Nc3cccc(C(F)(F)F)c3)=NC=CN2N1. The third kappa shape index (κ3) is 3.29. The summed E-state index contributed by atoms with van der Waals surface area (Å²) < 4.78 is 38.8. The van der Waals surface area contributed by atoms with Crippen LogP contribution in [0, 0.1) is 0 Å². The highest BCUT2D eigenvalue weighted by Gasteiger charge is 2.39. The first kappa shape index (κ1) is 17.3. The highest BCUT2D eigenvalue weighted by molar-refractivity contribution is 6.45. The lowest BCUT2D eigenvalue weighted by Crippen LogP contribution is -2.51. The minimum absolute atomic E-state index is 0.246. The van der Waals surface area contributed by atoms with Gasteiger partial charge in [-0.1, -0.05) is 36.4 Å². The minimum Gasteiger partial charge on any atom is -0.337 e. The molecule has 9 heteroatoms. The van der Waals surface area contributed by atoms with Crippen molar-refractivity contribution in [1.29, 1.82) is 0 Å². The molecule has 0 fully saturated rings. The molecule has 138 valence electrons. The molecule has 4 N–H and O–H groups in total. The van der Waals surface area contributed by atoms with Gasteiger partial charge >= 0.3 is 6.18 Å². The van der Waals surface area contributed by atoms with Crippen molar-refractivity contribution in [3.05, 3.63) is 78.1 Å². The van der Waals surface area contributed by atoms with E-state index in [2.05, 4.69) is 20.7 Å². The summed E-state index contributed by atoms with van der Waals surface area (Å²) in [5, 5.41) is 4.46. The van der Waals surface area contributed by atoms with E-state index >= 15 is 0 Å². The van der Waals surface area contributed by atoms with Gasteiger partial charge in [0.25, 0.3) is 0 Å². The Hall–Kier alpha value is -3.17. The highest BCUT2D eigenvalue weighted by atomic mass is 19.4. The van der Waals surface area contributed by atoms with Crippen LogP contribution >= 0.6 is 0 Å². The van der Waals surface area contributed by atoms with Gasteiger partial charge in [-0.05, 0) is 18.2 Å². The number of hydrazine groups is 1. The van der Waals surface area contributed by atoms with Crippen molar-refractivity contribution in [2.45, 2.75) is 12.0 Å². The molecule has 2 aliphatic heterocycles. The van der Waals surface area contributed by atoms with Crippen LogP contribution in [-0.4, -0.2) is 16.7 Å².